The first-order valence-corrected chi connectivity index (χ1v) is 5.01. The molecule has 1 fully saturated rings. The van der Waals surface area contributed by atoms with Crippen LogP contribution in [0.15, 0.2) is 0 Å². The third kappa shape index (κ3) is 1.85. The van der Waals surface area contributed by atoms with Gasteiger partial charge in [-0.1, -0.05) is 26.7 Å². The Bertz CT molecular complexity index is 183. The highest BCUT2D eigenvalue weighted by Gasteiger charge is 2.47. The summed E-state index contributed by atoms with van der Waals surface area (Å²) in [6.45, 7) is 4.52. The van der Waals surface area contributed by atoms with Gasteiger partial charge in [0.1, 0.15) is 6.61 Å². The Balaban J connectivity index is 2.72. The minimum Gasteiger partial charge on any atom is -0.463 e. The number of carbonyl (C=O) groups is 1. The maximum atomic E-state index is 11.1. The van der Waals surface area contributed by atoms with Gasteiger partial charge in [0.15, 0.2) is 6.10 Å². The molecule has 1 heterocycles. The first kappa shape index (κ1) is 10.5. The van der Waals surface area contributed by atoms with E-state index < -0.39 is 12.1 Å². The van der Waals surface area contributed by atoms with Crippen molar-refractivity contribution in [2.75, 3.05) is 6.61 Å². The molecule has 13 heavy (non-hydrogen) atoms. The van der Waals surface area contributed by atoms with E-state index in [1.807, 2.05) is 0 Å². The van der Waals surface area contributed by atoms with Crippen molar-refractivity contribution in [2.24, 2.45) is 5.41 Å². The van der Waals surface area contributed by atoms with Gasteiger partial charge in [0.05, 0.1) is 0 Å². The number of ether oxygens (including phenoxy) is 1. The second-order valence-corrected chi connectivity index (χ2v) is 3.87. The fourth-order valence-electron chi connectivity index (χ4n) is 2.16. The van der Waals surface area contributed by atoms with Gasteiger partial charge in [-0.15, -0.1) is 0 Å². The van der Waals surface area contributed by atoms with Gasteiger partial charge in [-0.05, 0) is 12.8 Å². The van der Waals surface area contributed by atoms with Gasteiger partial charge in [0.25, 0.3) is 0 Å². The molecule has 0 aromatic carbocycles. The van der Waals surface area contributed by atoms with Crippen molar-refractivity contribution < 1.29 is 14.6 Å². The number of aliphatic hydroxyl groups excluding tert-OH is 1. The third-order valence-corrected chi connectivity index (χ3v) is 2.80. The monoisotopic (exact) mass is 186 g/mol. The average Bonchev–Trinajstić information content (AvgIpc) is 2.36. The summed E-state index contributed by atoms with van der Waals surface area (Å²) in [5, 5.41) is 9.70. The molecule has 76 valence electrons. The van der Waals surface area contributed by atoms with E-state index in [2.05, 4.69) is 13.8 Å². The van der Waals surface area contributed by atoms with Crippen molar-refractivity contribution in [3.63, 3.8) is 0 Å². The van der Waals surface area contributed by atoms with Crippen LogP contribution in [0.1, 0.15) is 39.5 Å². The second-order valence-electron chi connectivity index (χ2n) is 3.87. The third-order valence-electron chi connectivity index (χ3n) is 2.80. The second kappa shape index (κ2) is 4.09. The standard InChI is InChI=1S/C10H18O3/c1-3-5-10(6-4-2)7-13-9(12)8(10)11/h8,11H,3-7H2,1-2H3. The maximum Gasteiger partial charge on any atom is 0.335 e. The molecular formula is C10H18O3. The van der Waals surface area contributed by atoms with Crippen LogP contribution < -0.4 is 0 Å². The smallest absolute Gasteiger partial charge is 0.335 e. The summed E-state index contributed by atoms with van der Waals surface area (Å²) in [6, 6.07) is 0. The molecular weight excluding hydrogens is 168 g/mol. The number of hydrogen-bond acceptors (Lipinski definition) is 3. The average molecular weight is 186 g/mol. The Hall–Kier alpha value is -0.570. The molecule has 0 amide bonds. The lowest BCUT2D eigenvalue weighted by Crippen LogP contribution is -2.35. The first-order valence-electron chi connectivity index (χ1n) is 5.01. The van der Waals surface area contributed by atoms with Crippen molar-refractivity contribution >= 4 is 5.97 Å². The van der Waals surface area contributed by atoms with Crippen LogP contribution in [0.3, 0.4) is 0 Å². The van der Waals surface area contributed by atoms with E-state index in [-0.39, 0.29) is 5.41 Å². The molecule has 3 nitrogen and oxygen atoms in total. The van der Waals surface area contributed by atoms with Gasteiger partial charge >= 0.3 is 5.97 Å². The van der Waals surface area contributed by atoms with Crippen LogP contribution in [0.5, 0.6) is 0 Å². The Labute approximate surface area is 79.1 Å². The molecule has 0 aromatic heterocycles. The predicted molar refractivity (Wildman–Crippen MR) is 49.2 cm³/mol. The SMILES string of the molecule is CCCC1(CCC)COC(=O)C1O. The predicted octanol–water partition coefficient (Wildman–Crippen LogP) is 1.49. The molecule has 0 radical (unpaired) electrons. The van der Waals surface area contributed by atoms with E-state index in [4.69, 9.17) is 4.74 Å². The van der Waals surface area contributed by atoms with E-state index in [1.165, 1.54) is 0 Å². The van der Waals surface area contributed by atoms with E-state index >= 15 is 0 Å². The molecule has 1 saturated heterocycles. The summed E-state index contributed by atoms with van der Waals surface area (Å²) in [6.07, 6.45) is 2.80. The fraction of sp³-hybridized carbons (Fsp3) is 0.900. The molecule has 0 bridgehead atoms. The van der Waals surface area contributed by atoms with Crippen LogP contribution in [0.4, 0.5) is 0 Å². The highest BCUT2D eigenvalue weighted by molar-refractivity contribution is 5.77. The largest absolute Gasteiger partial charge is 0.463 e. The molecule has 1 atom stereocenters. The molecule has 0 aliphatic carbocycles. The van der Waals surface area contributed by atoms with Crippen LogP contribution in [0.25, 0.3) is 0 Å². The number of carbonyl (C=O) groups excluding carboxylic acids is 1. The van der Waals surface area contributed by atoms with Crippen LogP contribution in [-0.4, -0.2) is 23.8 Å². The molecule has 3 heteroatoms. The summed E-state index contributed by atoms with van der Waals surface area (Å²) in [4.78, 5) is 11.1. The quantitative estimate of drug-likeness (QED) is 0.677. The lowest BCUT2D eigenvalue weighted by Gasteiger charge is -2.27. The van der Waals surface area contributed by atoms with E-state index in [0.29, 0.717) is 6.61 Å². The zero-order chi connectivity index (χ0) is 9.90. The Morgan fingerprint density at radius 3 is 2.31 bits per heavy atom. The normalized spacial score (nSPS) is 26.1. The number of rotatable bonds is 4. The lowest BCUT2D eigenvalue weighted by molar-refractivity contribution is -0.145. The molecule has 1 N–H and O–H groups in total. The minimum atomic E-state index is -0.896. The number of aliphatic hydroxyl groups is 1. The van der Waals surface area contributed by atoms with Gasteiger partial charge in [0.2, 0.25) is 0 Å². The fourth-order valence-corrected chi connectivity index (χ4v) is 2.16. The van der Waals surface area contributed by atoms with Crippen molar-refractivity contribution in [1.29, 1.82) is 0 Å². The molecule has 1 aliphatic heterocycles. The Morgan fingerprint density at radius 1 is 1.46 bits per heavy atom. The molecule has 0 spiro atoms. The molecule has 0 saturated carbocycles. The van der Waals surface area contributed by atoms with Crippen LogP contribution in [0, 0.1) is 5.41 Å². The molecule has 0 aromatic rings. The van der Waals surface area contributed by atoms with Gasteiger partial charge < -0.3 is 9.84 Å². The molecule has 1 rings (SSSR count). The minimum absolute atomic E-state index is 0.291. The lowest BCUT2D eigenvalue weighted by atomic mass is 9.77. The zero-order valence-electron chi connectivity index (χ0n) is 8.38. The van der Waals surface area contributed by atoms with Gasteiger partial charge in [0, 0.05) is 5.41 Å². The van der Waals surface area contributed by atoms with Gasteiger partial charge in [-0.2, -0.15) is 0 Å². The number of esters is 1. The van der Waals surface area contributed by atoms with Crippen molar-refractivity contribution in [3.05, 3.63) is 0 Å². The molecule has 1 unspecified atom stereocenters. The van der Waals surface area contributed by atoms with Crippen molar-refractivity contribution in [2.45, 2.75) is 45.6 Å². The topological polar surface area (TPSA) is 46.5 Å². The Kier molecular flexibility index (Phi) is 3.31. The molecule has 1 aliphatic rings. The highest BCUT2D eigenvalue weighted by Crippen LogP contribution is 2.38. The summed E-state index contributed by atoms with van der Waals surface area (Å²) in [5.41, 5.74) is -0.291. The first-order chi connectivity index (χ1) is 6.16. The number of hydrogen-bond donors (Lipinski definition) is 1. The van der Waals surface area contributed by atoms with Crippen molar-refractivity contribution in [3.8, 4) is 0 Å². The van der Waals surface area contributed by atoms with Crippen LogP contribution >= 0.6 is 0 Å². The van der Waals surface area contributed by atoms with Crippen LogP contribution in [0.2, 0.25) is 0 Å². The summed E-state index contributed by atoms with van der Waals surface area (Å²) in [7, 11) is 0. The highest BCUT2D eigenvalue weighted by atomic mass is 16.6. The van der Waals surface area contributed by atoms with Gasteiger partial charge in [-0.3, -0.25) is 0 Å². The summed E-state index contributed by atoms with van der Waals surface area (Å²) >= 11 is 0. The summed E-state index contributed by atoms with van der Waals surface area (Å²) < 4.78 is 4.90. The van der Waals surface area contributed by atoms with Gasteiger partial charge in [-0.25, -0.2) is 4.79 Å². The maximum absolute atomic E-state index is 11.1. The van der Waals surface area contributed by atoms with E-state index in [0.717, 1.165) is 25.7 Å². The zero-order valence-corrected chi connectivity index (χ0v) is 8.38. The van der Waals surface area contributed by atoms with Crippen molar-refractivity contribution in [1.82, 2.24) is 0 Å². The van der Waals surface area contributed by atoms with Crippen LogP contribution in [-0.2, 0) is 9.53 Å². The van der Waals surface area contributed by atoms with E-state index in [1.54, 1.807) is 0 Å². The number of cyclic esters (lactones) is 1. The Morgan fingerprint density at radius 2 is 2.00 bits per heavy atom. The summed E-state index contributed by atoms with van der Waals surface area (Å²) in [5.74, 6) is -0.443. The van der Waals surface area contributed by atoms with E-state index in [9.17, 15) is 9.90 Å².